The van der Waals surface area contributed by atoms with Gasteiger partial charge in [0.25, 0.3) is 0 Å². The van der Waals surface area contributed by atoms with E-state index < -0.39 is 0 Å². The third kappa shape index (κ3) is 2.96. The lowest BCUT2D eigenvalue weighted by Gasteiger charge is -2.23. The van der Waals surface area contributed by atoms with E-state index in [1.165, 1.54) is 58.2 Å². The van der Waals surface area contributed by atoms with Gasteiger partial charge < -0.3 is 10.2 Å². The SMILES string of the molecule is CCC1CCCN1CCCNC1CC1. The Bertz CT molecular complexity index is 166. The van der Waals surface area contributed by atoms with Crippen molar-refractivity contribution in [2.75, 3.05) is 19.6 Å². The van der Waals surface area contributed by atoms with Crippen molar-refractivity contribution in [2.24, 2.45) is 0 Å². The summed E-state index contributed by atoms with van der Waals surface area (Å²) in [4.78, 5) is 2.69. The quantitative estimate of drug-likeness (QED) is 0.654. The van der Waals surface area contributed by atoms with Crippen LogP contribution in [0.2, 0.25) is 0 Å². The van der Waals surface area contributed by atoms with Crippen LogP contribution in [0.4, 0.5) is 0 Å². The van der Waals surface area contributed by atoms with Crippen LogP contribution in [0.15, 0.2) is 0 Å². The molecule has 0 spiro atoms. The molecule has 1 unspecified atom stereocenters. The number of likely N-dealkylation sites (tertiary alicyclic amines) is 1. The summed E-state index contributed by atoms with van der Waals surface area (Å²) in [6.45, 7) is 6.23. The van der Waals surface area contributed by atoms with E-state index in [1.807, 2.05) is 0 Å². The van der Waals surface area contributed by atoms with Gasteiger partial charge in [0, 0.05) is 12.1 Å². The molecule has 0 aromatic carbocycles. The van der Waals surface area contributed by atoms with Crippen molar-refractivity contribution in [1.82, 2.24) is 10.2 Å². The average Bonchev–Trinajstić information content (AvgIpc) is 2.91. The van der Waals surface area contributed by atoms with Gasteiger partial charge in [0.05, 0.1) is 0 Å². The fourth-order valence-corrected chi connectivity index (χ4v) is 2.53. The highest BCUT2D eigenvalue weighted by atomic mass is 15.2. The summed E-state index contributed by atoms with van der Waals surface area (Å²) in [6, 6.07) is 1.78. The van der Waals surface area contributed by atoms with E-state index >= 15 is 0 Å². The lowest BCUT2D eigenvalue weighted by molar-refractivity contribution is 0.244. The van der Waals surface area contributed by atoms with Gasteiger partial charge in [0.1, 0.15) is 0 Å². The molecule has 2 heteroatoms. The molecule has 1 saturated heterocycles. The molecule has 2 nitrogen and oxygen atoms in total. The molecule has 0 aromatic heterocycles. The Morgan fingerprint density at radius 2 is 2.14 bits per heavy atom. The first-order chi connectivity index (χ1) is 6.90. The number of rotatable bonds is 6. The smallest absolute Gasteiger partial charge is 0.00931 e. The number of hydrogen-bond donors (Lipinski definition) is 1. The Kier molecular flexibility index (Phi) is 3.82. The van der Waals surface area contributed by atoms with Crippen molar-refractivity contribution in [3.63, 3.8) is 0 Å². The van der Waals surface area contributed by atoms with E-state index in [4.69, 9.17) is 0 Å². The Balaban J connectivity index is 1.54. The second-order valence-electron chi connectivity index (χ2n) is 4.82. The highest BCUT2D eigenvalue weighted by Gasteiger charge is 2.23. The van der Waals surface area contributed by atoms with E-state index in [2.05, 4.69) is 17.1 Å². The maximum absolute atomic E-state index is 3.59. The molecule has 0 amide bonds. The van der Waals surface area contributed by atoms with Crippen molar-refractivity contribution in [3.05, 3.63) is 0 Å². The lowest BCUT2D eigenvalue weighted by atomic mass is 10.2. The molecule has 1 aliphatic heterocycles. The first-order valence-electron chi connectivity index (χ1n) is 6.37. The Labute approximate surface area is 88.1 Å². The molecular weight excluding hydrogens is 172 g/mol. The monoisotopic (exact) mass is 196 g/mol. The fraction of sp³-hybridized carbons (Fsp3) is 1.00. The third-order valence-corrected chi connectivity index (χ3v) is 3.60. The Morgan fingerprint density at radius 1 is 1.29 bits per heavy atom. The average molecular weight is 196 g/mol. The van der Waals surface area contributed by atoms with Crippen molar-refractivity contribution in [1.29, 1.82) is 0 Å². The first kappa shape index (κ1) is 10.4. The topological polar surface area (TPSA) is 15.3 Å². The van der Waals surface area contributed by atoms with Gasteiger partial charge in [-0.05, 0) is 58.2 Å². The highest BCUT2D eigenvalue weighted by Crippen LogP contribution is 2.20. The largest absolute Gasteiger partial charge is 0.314 e. The summed E-state index contributed by atoms with van der Waals surface area (Å²) in [5, 5.41) is 3.59. The zero-order chi connectivity index (χ0) is 9.80. The van der Waals surface area contributed by atoms with Crippen molar-refractivity contribution >= 4 is 0 Å². The van der Waals surface area contributed by atoms with Crippen molar-refractivity contribution < 1.29 is 0 Å². The van der Waals surface area contributed by atoms with Gasteiger partial charge in [0.2, 0.25) is 0 Å². The lowest BCUT2D eigenvalue weighted by Crippen LogP contribution is -2.31. The minimum absolute atomic E-state index is 0.885. The zero-order valence-electron chi connectivity index (χ0n) is 9.47. The predicted molar refractivity (Wildman–Crippen MR) is 60.5 cm³/mol. The molecule has 2 rings (SSSR count). The molecule has 0 bridgehead atoms. The highest BCUT2D eigenvalue weighted by molar-refractivity contribution is 4.81. The molecule has 1 aliphatic carbocycles. The maximum Gasteiger partial charge on any atom is 0.00931 e. The zero-order valence-corrected chi connectivity index (χ0v) is 9.47. The molecule has 1 saturated carbocycles. The van der Waals surface area contributed by atoms with E-state index in [-0.39, 0.29) is 0 Å². The Hall–Kier alpha value is -0.0800. The standard InChI is InChI=1S/C12H24N2/c1-2-12-5-3-9-14(12)10-4-8-13-11-6-7-11/h11-13H,2-10H2,1H3. The van der Waals surface area contributed by atoms with Crippen LogP contribution >= 0.6 is 0 Å². The molecule has 1 N–H and O–H groups in total. The normalized spacial score (nSPS) is 28.5. The van der Waals surface area contributed by atoms with Crippen LogP contribution in [-0.4, -0.2) is 36.6 Å². The Morgan fingerprint density at radius 3 is 2.86 bits per heavy atom. The van der Waals surface area contributed by atoms with Gasteiger partial charge in [-0.1, -0.05) is 6.92 Å². The molecule has 1 atom stereocenters. The van der Waals surface area contributed by atoms with Crippen LogP contribution in [0, 0.1) is 0 Å². The molecule has 2 aliphatic rings. The summed E-state index contributed by atoms with van der Waals surface area (Å²) in [5.74, 6) is 0. The second-order valence-corrected chi connectivity index (χ2v) is 4.82. The molecule has 2 fully saturated rings. The molecule has 0 aromatic rings. The van der Waals surface area contributed by atoms with Crippen LogP contribution in [0.5, 0.6) is 0 Å². The van der Waals surface area contributed by atoms with Gasteiger partial charge in [-0.25, -0.2) is 0 Å². The predicted octanol–water partition coefficient (Wildman–Crippen LogP) is 2.00. The molecule has 0 radical (unpaired) electrons. The van der Waals surface area contributed by atoms with Crippen LogP contribution in [-0.2, 0) is 0 Å². The van der Waals surface area contributed by atoms with E-state index in [0.717, 1.165) is 12.1 Å². The van der Waals surface area contributed by atoms with Gasteiger partial charge in [0.15, 0.2) is 0 Å². The van der Waals surface area contributed by atoms with Crippen LogP contribution in [0.3, 0.4) is 0 Å². The van der Waals surface area contributed by atoms with Crippen molar-refractivity contribution in [3.8, 4) is 0 Å². The second kappa shape index (κ2) is 5.13. The van der Waals surface area contributed by atoms with E-state index in [1.54, 1.807) is 0 Å². The van der Waals surface area contributed by atoms with E-state index in [0.29, 0.717) is 0 Å². The fourth-order valence-electron chi connectivity index (χ4n) is 2.53. The number of nitrogens with one attached hydrogen (secondary N) is 1. The minimum Gasteiger partial charge on any atom is -0.314 e. The van der Waals surface area contributed by atoms with Crippen LogP contribution in [0.1, 0.15) is 45.4 Å². The van der Waals surface area contributed by atoms with Gasteiger partial charge in [-0.15, -0.1) is 0 Å². The summed E-state index contributed by atoms with van der Waals surface area (Å²) in [7, 11) is 0. The van der Waals surface area contributed by atoms with Gasteiger partial charge >= 0.3 is 0 Å². The van der Waals surface area contributed by atoms with Crippen LogP contribution in [0.25, 0.3) is 0 Å². The molecule has 82 valence electrons. The summed E-state index contributed by atoms with van der Waals surface area (Å²) >= 11 is 0. The maximum atomic E-state index is 3.59. The number of nitrogens with zero attached hydrogens (tertiary/aromatic N) is 1. The molecule has 1 heterocycles. The van der Waals surface area contributed by atoms with Gasteiger partial charge in [-0.2, -0.15) is 0 Å². The summed E-state index contributed by atoms with van der Waals surface area (Å²) < 4.78 is 0. The minimum atomic E-state index is 0.885. The van der Waals surface area contributed by atoms with E-state index in [9.17, 15) is 0 Å². The summed E-state index contributed by atoms with van der Waals surface area (Å²) in [6.07, 6.45) is 8.38. The van der Waals surface area contributed by atoms with Gasteiger partial charge in [-0.3, -0.25) is 0 Å². The molecule has 14 heavy (non-hydrogen) atoms. The summed E-state index contributed by atoms with van der Waals surface area (Å²) in [5.41, 5.74) is 0. The third-order valence-electron chi connectivity index (χ3n) is 3.60. The number of hydrogen-bond acceptors (Lipinski definition) is 2. The first-order valence-corrected chi connectivity index (χ1v) is 6.37. The van der Waals surface area contributed by atoms with Crippen molar-refractivity contribution in [2.45, 2.75) is 57.5 Å². The van der Waals surface area contributed by atoms with Crippen LogP contribution < -0.4 is 5.32 Å². The molecular formula is C12H24N2.